The highest BCUT2D eigenvalue weighted by atomic mass is 16.5. The number of aliphatic hydroxyl groups is 1. The summed E-state index contributed by atoms with van der Waals surface area (Å²) in [5.74, 6) is -0.872. The van der Waals surface area contributed by atoms with E-state index in [1.54, 1.807) is 0 Å². The van der Waals surface area contributed by atoms with E-state index in [9.17, 15) is 9.90 Å². The molecule has 0 aliphatic heterocycles. The highest BCUT2D eigenvalue weighted by Crippen LogP contribution is 2.48. The average Bonchev–Trinajstić information content (AvgIpc) is 2.43. The Balaban J connectivity index is 2.75. The molecule has 2 N–H and O–H groups in total. The first-order chi connectivity index (χ1) is 6.96. The lowest BCUT2D eigenvalue weighted by Crippen LogP contribution is -2.50. The lowest BCUT2D eigenvalue weighted by atomic mass is 9.77. The van der Waals surface area contributed by atoms with Crippen molar-refractivity contribution in [3.8, 4) is 0 Å². The molecule has 1 saturated carbocycles. The van der Waals surface area contributed by atoms with Crippen molar-refractivity contribution in [1.29, 1.82) is 0 Å². The van der Waals surface area contributed by atoms with Crippen LogP contribution < -0.4 is 0 Å². The smallest absolute Gasteiger partial charge is 0.336 e. The van der Waals surface area contributed by atoms with Gasteiger partial charge in [0, 0.05) is 12.0 Å². The van der Waals surface area contributed by atoms with E-state index >= 15 is 0 Å². The maximum Gasteiger partial charge on any atom is 0.336 e. The number of ether oxygens (including phenoxy) is 1. The maximum atomic E-state index is 11.3. The second-order valence-electron chi connectivity index (χ2n) is 4.80. The number of carboxylic acids is 1. The van der Waals surface area contributed by atoms with Gasteiger partial charge in [0.2, 0.25) is 0 Å². The van der Waals surface area contributed by atoms with Crippen LogP contribution in [0.15, 0.2) is 0 Å². The molecule has 1 aliphatic carbocycles. The van der Waals surface area contributed by atoms with Crippen LogP contribution in [0.1, 0.15) is 39.5 Å². The Kier molecular flexibility index (Phi) is 3.73. The number of aliphatic hydroxyl groups excluding tert-OH is 1. The lowest BCUT2D eigenvalue weighted by Gasteiger charge is -2.37. The van der Waals surface area contributed by atoms with Gasteiger partial charge in [-0.25, -0.2) is 4.79 Å². The Morgan fingerprint density at radius 1 is 1.40 bits per heavy atom. The molecule has 15 heavy (non-hydrogen) atoms. The quantitative estimate of drug-likeness (QED) is 0.682. The number of hydrogen-bond donors (Lipinski definition) is 2. The van der Waals surface area contributed by atoms with Gasteiger partial charge < -0.3 is 14.9 Å². The molecule has 0 saturated heterocycles. The van der Waals surface area contributed by atoms with Gasteiger partial charge in [-0.15, -0.1) is 0 Å². The molecule has 1 aliphatic rings. The topological polar surface area (TPSA) is 66.8 Å². The lowest BCUT2D eigenvalue weighted by molar-refractivity contribution is -0.180. The predicted molar refractivity (Wildman–Crippen MR) is 55.7 cm³/mol. The van der Waals surface area contributed by atoms with Crippen molar-refractivity contribution < 1.29 is 19.7 Å². The molecule has 0 bridgehead atoms. The standard InChI is InChI=1S/C11H20O4/c1-10(2)5-3-6-11(10,9(13)14)15-8-4-7-12/h12H,3-8H2,1-2H3,(H,13,14). The number of carboxylic acid groups (broad SMARTS) is 1. The van der Waals surface area contributed by atoms with Gasteiger partial charge >= 0.3 is 5.97 Å². The predicted octanol–water partition coefficient (Wildman–Crippen LogP) is 1.42. The van der Waals surface area contributed by atoms with Crippen LogP contribution >= 0.6 is 0 Å². The molecule has 88 valence electrons. The van der Waals surface area contributed by atoms with E-state index in [1.807, 2.05) is 13.8 Å². The van der Waals surface area contributed by atoms with E-state index in [2.05, 4.69) is 0 Å². The number of hydrogen-bond acceptors (Lipinski definition) is 3. The van der Waals surface area contributed by atoms with Gasteiger partial charge in [-0.3, -0.25) is 0 Å². The van der Waals surface area contributed by atoms with Gasteiger partial charge in [0.1, 0.15) is 0 Å². The minimum atomic E-state index is -1.05. The molecular weight excluding hydrogens is 196 g/mol. The Bertz CT molecular complexity index is 237. The maximum absolute atomic E-state index is 11.3. The van der Waals surface area contributed by atoms with Gasteiger partial charge in [0.05, 0.1) is 6.61 Å². The van der Waals surface area contributed by atoms with Crippen LogP contribution in [0.2, 0.25) is 0 Å². The van der Waals surface area contributed by atoms with Crippen molar-refractivity contribution in [3.63, 3.8) is 0 Å². The van der Waals surface area contributed by atoms with E-state index in [0.29, 0.717) is 19.4 Å². The molecule has 0 amide bonds. The third-order valence-corrected chi connectivity index (χ3v) is 3.42. The van der Waals surface area contributed by atoms with Crippen LogP contribution in [-0.4, -0.2) is 35.0 Å². The van der Waals surface area contributed by atoms with E-state index in [4.69, 9.17) is 9.84 Å². The van der Waals surface area contributed by atoms with Crippen molar-refractivity contribution in [2.24, 2.45) is 5.41 Å². The van der Waals surface area contributed by atoms with Gasteiger partial charge in [-0.05, 0) is 25.7 Å². The summed E-state index contributed by atoms with van der Waals surface area (Å²) in [6.07, 6.45) is 2.82. The Hall–Kier alpha value is -0.610. The summed E-state index contributed by atoms with van der Waals surface area (Å²) < 4.78 is 5.55. The zero-order valence-corrected chi connectivity index (χ0v) is 9.45. The van der Waals surface area contributed by atoms with Crippen LogP contribution in [-0.2, 0) is 9.53 Å². The molecule has 1 fully saturated rings. The summed E-state index contributed by atoms with van der Waals surface area (Å²) >= 11 is 0. The van der Waals surface area contributed by atoms with Gasteiger partial charge in [-0.2, -0.15) is 0 Å². The third kappa shape index (κ3) is 2.16. The van der Waals surface area contributed by atoms with Crippen LogP contribution in [0.4, 0.5) is 0 Å². The molecule has 0 aromatic carbocycles. The van der Waals surface area contributed by atoms with Crippen LogP contribution in [0.3, 0.4) is 0 Å². The highest BCUT2D eigenvalue weighted by Gasteiger charge is 2.55. The Morgan fingerprint density at radius 2 is 2.07 bits per heavy atom. The zero-order valence-electron chi connectivity index (χ0n) is 9.45. The van der Waals surface area contributed by atoms with Crippen LogP contribution in [0.5, 0.6) is 0 Å². The second-order valence-corrected chi connectivity index (χ2v) is 4.80. The van der Waals surface area contributed by atoms with Crippen molar-refractivity contribution in [2.75, 3.05) is 13.2 Å². The molecular formula is C11H20O4. The third-order valence-electron chi connectivity index (χ3n) is 3.42. The summed E-state index contributed by atoms with van der Waals surface area (Å²) in [6, 6.07) is 0. The van der Waals surface area contributed by atoms with Crippen molar-refractivity contribution >= 4 is 5.97 Å². The largest absolute Gasteiger partial charge is 0.479 e. The highest BCUT2D eigenvalue weighted by molar-refractivity contribution is 5.79. The molecule has 1 rings (SSSR count). The fourth-order valence-corrected chi connectivity index (χ4v) is 2.36. The van der Waals surface area contributed by atoms with Gasteiger partial charge in [-0.1, -0.05) is 13.8 Å². The summed E-state index contributed by atoms with van der Waals surface area (Å²) in [4.78, 5) is 11.3. The van der Waals surface area contributed by atoms with E-state index < -0.39 is 11.6 Å². The summed E-state index contributed by atoms with van der Waals surface area (Å²) in [5.41, 5.74) is -1.38. The fourth-order valence-electron chi connectivity index (χ4n) is 2.36. The fraction of sp³-hybridized carbons (Fsp3) is 0.909. The molecule has 0 aromatic rings. The molecule has 0 heterocycles. The first-order valence-electron chi connectivity index (χ1n) is 5.44. The molecule has 1 unspecified atom stereocenters. The van der Waals surface area contributed by atoms with E-state index in [-0.39, 0.29) is 12.0 Å². The molecule has 4 nitrogen and oxygen atoms in total. The van der Waals surface area contributed by atoms with Crippen molar-refractivity contribution in [2.45, 2.75) is 45.1 Å². The molecule has 0 radical (unpaired) electrons. The second kappa shape index (κ2) is 4.49. The summed E-state index contributed by atoms with van der Waals surface area (Å²) in [6.45, 7) is 4.22. The monoisotopic (exact) mass is 216 g/mol. The van der Waals surface area contributed by atoms with Crippen LogP contribution in [0, 0.1) is 5.41 Å². The number of carbonyl (C=O) groups is 1. The first-order valence-corrected chi connectivity index (χ1v) is 5.44. The van der Waals surface area contributed by atoms with Gasteiger partial charge in [0.25, 0.3) is 0 Å². The number of aliphatic carboxylic acids is 1. The van der Waals surface area contributed by atoms with Crippen molar-refractivity contribution in [1.82, 2.24) is 0 Å². The molecule has 0 spiro atoms. The Labute approximate surface area is 90.2 Å². The molecule has 4 heteroatoms. The normalized spacial score (nSPS) is 29.3. The Morgan fingerprint density at radius 3 is 2.47 bits per heavy atom. The number of rotatable bonds is 5. The molecule has 1 atom stereocenters. The van der Waals surface area contributed by atoms with E-state index in [1.165, 1.54) is 0 Å². The zero-order chi connectivity index (χ0) is 11.5. The SMILES string of the molecule is CC1(C)CCCC1(OCCCO)C(=O)O. The van der Waals surface area contributed by atoms with Crippen molar-refractivity contribution in [3.05, 3.63) is 0 Å². The summed E-state index contributed by atoms with van der Waals surface area (Å²) in [5, 5.41) is 18.0. The van der Waals surface area contributed by atoms with Crippen LogP contribution in [0.25, 0.3) is 0 Å². The molecule has 0 aromatic heterocycles. The minimum Gasteiger partial charge on any atom is -0.479 e. The average molecular weight is 216 g/mol. The first kappa shape index (κ1) is 12.5. The summed E-state index contributed by atoms with van der Waals surface area (Å²) in [7, 11) is 0. The van der Waals surface area contributed by atoms with E-state index in [0.717, 1.165) is 12.8 Å². The van der Waals surface area contributed by atoms with Gasteiger partial charge in [0.15, 0.2) is 5.60 Å². The minimum absolute atomic E-state index is 0.0378.